The molecule has 0 radical (unpaired) electrons. The molecule has 2 N–H and O–H groups in total. The number of hydrogen-bond donors (Lipinski definition) is 2. The van der Waals surface area contributed by atoms with Crippen LogP contribution < -0.4 is 10.9 Å². The van der Waals surface area contributed by atoms with E-state index < -0.39 is 0 Å². The third-order valence-corrected chi connectivity index (χ3v) is 4.97. The van der Waals surface area contributed by atoms with Crippen LogP contribution in [0, 0.1) is 11.8 Å². The van der Waals surface area contributed by atoms with Crippen LogP contribution in [-0.2, 0) is 0 Å². The first-order chi connectivity index (χ1) is 9.83. The van der Waals surface area contributed by atoms with Gasteiger partial charge in [0.15, 0.2) is 0 Å². The van der Waals surface area contributed by atoms with Crippen LogP contribution in [0.15, 0.2) is 30.3 Å². The number of carbonyl (C=O) groups excluding carboxylic acids is 1. The average molecular weight is 272 g/mol. The molecule has 1 aromatic carbocycles. The molecule has 2 saturated carbocycles. The second-order valence-electron chi connectivity index (χ2n) is 6.28. The molecule has 108 valence electrons. The summed E-state index contributed by atoms with van der Waals surface area (Å²) in [4.78, 5) is 12.0. The van der Waals surface area contributed by atoms with Crippen LogP contribution in [-0.4, -0.2) is 11.9 Å². The fraction of sp³-hybridized carbons (Fsp3) is 0.588. The Morgan fingerprint density at radius 2 is 1.70 bits per heavy atom. The van der Waals surface area contributed by atoms with Crippen LogP contribution in [0.2, 0.25) is 0 Å². The fourth-order valence-corrected chi connectivity index (χ4v) is 3.83. The van der Waals surface area contributed by atoms with Gasteiger partial charge in [-0.15, -0.1) is 0 Å². The molecule has 0 aromatic heterocycles. The number of carbonyl (C=O) groups is 1. The predicted molar refractivity (Wildman–Crippen MR) is 80.1 cm³/mol. The van der Waals surface area contributed by atoms with Crippen molar-refractivity contribution < 1.29 is 4.79 Å². The van der Waals surface area contributed by atoms with Crippen molar-refractivity contribution in [3.05, 3.63) is 35.9 Å². The summed E-state index contributed by atoms with van der Waals surface area (Å²) in [5, 5.41) is 0. The lowest BCUT2D eigenvalue weighted by Gasteiger charge is -2.39. The maximum absolute atomic E-state index is 12.0. The molecule has 0 saturated heterocycles. The molecular formula is C17H24N2O. The first-order valence-corrected chi connectivity index (χ1v) is 7.94. The van der Waals surface area contributed by atoms with E-state index in [1.165, 1.54) is 44.9 Å². The Balaban J connectivity index is 1.48. The summed E-state index contributed by atoms with van der Waals surface area (Å²) in [7, 11) is 0. The van der Waals surface area contributed by atoms with Crippen LogP contribution in [0.25, 0.3) is 0 Å². The zero-order valence-electron chi connectivity index (χ0n) is 12.0. The molecular weight excluding hydrogens is 248 g/mol. The maximum atomic E-state index is 12.0. The quantitative estimate of drug-likeness (QED) is 0.829. The van der Waals surface area contributed by atoms with Gasteiger partial charge in [-0.25, -0.2) is 5.43 Å². The molecule has 3 heteroatoms. The van der Waals surface area contributed by atoms with Gasteiger partial charge in [0.25, 0.3) is 5.91 Å². The summed E-state index contributed by atoms with van der Waals surface area (Å²) in [5.74, 6) is 1.80. The van der Waals surface area contributed by atoms with Crippen molar-refractivity contribution in [2.24, 2.45) is 11.8 Å². The molecule has 20 heavy (non-hydrogen) atoms. The van der Waals surface area contributed by atoms with Gasteiger partial charge in [0, 0.05) is 11.6 Å². The molecule has 0 aliphatic heterocycles. The van der Waals surface area contributed by atoms with E-state index in [0.29, 0.717) is 11.6 Å². The first-order valence-electron chi connectivity index (χ1n) is 7.94. The molecule has 2 aliphatic rings. The summed E-state index contributed by atoms with van der Waals surface area (Å²) < 4.78 is 0. The summed E-state index contributed by atoms with van der Waals surface area (Å²) >= 11 is 0. The number of hydrogen-bond acceptors (Lipinski definition) is 2. The zero-order valence-corrected chi connectivity index (χ0v) is 12.0. The van der Waals surface area contributed by atoms with E-state index in [4.69, 9.17) is 0 Å². The van der Waals surface area contributed by atoms with Gasteiger partial charge in [-0.3, -0.25) is 10.2 Å². The van der Waals surface area contributed by atoms with Crippen molar-refractivity contribution in [1.29, 1.82) is 0 Å². The lowest BCUT2D eigenvalue weighted by Crippen LogP contribution is -2.47. The van der Waals surface area contributed by atoms with Gasteiger partial charge in [0.05, 0.1) is 0 Å². The van der Waals surface area contributed by atoms with Crippen molar-refractivity contribution in [3.8, 4) is 0 Å². The molecule has 1 amide bonds. The minimum Gasteiger partial charge on any atom is -0.287 e. The van der Waals surface area contributed by atoms with Crippen molar-refractivity contribution in [3.63, 3.8) is 0 Å². The third-order valence-electron chi connectivity index (χ3n) is 4.97. The second kappa shape index (κ2) is 6.40. The zero-order chi connectivity index (χ0) is 13.8. The van der Waals surface area contributed by atoms with Gasteiger partial charge in [-0.2, -0.15) is 0 Å². The normalized spacial score (nSPS) is 29.5. The third kappa shape index (κ3) is 3.21. The van der Waals surface area contributed by atoms with E-state index in [2.05, 4.69) is 10.9 Å². The van der Waals surface area contributed by atoms with Crippen LogP contribution >= 0.6 is 0 Å². The predicted octanol–water partition coefficient (Wildman–Crippen LogP) is 3.28. The first kappa shape index (κ1) is 13.6. The summed E-state index contributed by atoms with van der Waals surface area (Å²) in [6.07, 6.45) is 9.36. The highest BCUT2D eigenvalue weighted by Crippen LogP contribution is 2.40. The molecule has 3 unspecified atom stereocenters. The molecule has 0 heterocycles. The van der Waals surface area contributed by atoms with E-state index in [-0.39, 0.29) is 5.91 Å². The smallest absolute Gasteiger partial charge is 0.265 e. The topological polar surface area (TPSA) is 41.1 Å². The van der Waals surface area contributed by atoms with Crippen LogP contribution in [0.4, 0.5) is 0 Å². The molecule has 3 nitrogen and oxygen atoms in total. The van der Waals surface area contributed by atoms with Gasteiger partial charge >= 0.3 is 0 Å². The van der Waals surface area contributed by atoms with E-state index >= 15 is 0 Å². The Labute approximate surface area is 121 Å². The Bertz CT molecular complexity index is 446. The Kier molecular flexibility index (Phi) is 4.36. The summed E-state index contributed by atoms with van der Waals surface area (Å²) in [6.45, 7) is 0. The van der Waals surface area contributed by atoms with E-state index in [1.807, 2.05) is 30.3 Å². The number of fused-ring (bicyclic) bond motifs is 1. The lowest BCUT2D eigenvalue weighted by atomic mass is 9.69. The Morgan fingerprint density at radius 1 is 0.950 bits per heavy atom. The van der Waals surface area contributed by atoms with Crippen LogP contribution in [0.3, 0.4) is 0 Å². The number of benzene rings is 1. The fourth-order valence-electron chi connectivity index (χ4n) is 3.83. The maximum Gasteiger partial charge on any atom is 0.265 e. The van der Waals surface area contributed by atoms with Gasteiger partial charge in [0.2, 0.25) is 0 Å². The average Bonchev–Trinajstić information content (AvgIpc) is 2.53. The van der Waals surface area contributed by atoms with Crippen molar-refractivity contribution in [2.75, 3.05) is 0 Å². The van der Waals surface area contributed by atoms with E-state index in [1.54, 1.807) is 0 Å². The van der Waals surface area contributed by atoms with Crippen LogP contribution in [0.1, 0.15) is 55.3 Å². The molecule has 2 fully saturated rings. The van der Waals surface area contributed by atoms with E-state index in [0.717, 1.165) is 11.8 Å². The number of amides is 1. The standard InChI is InChI=1S/C17H24N2O/c20-17(14-7-2-1-3-8-14)19-18-16-11-10-13-6-4-5-9-15(13)12-16/h1-3,7-8,13,15-16,18H,4-6,9-12H2,(H,19,20). The van der Waals surface area contributed by atoms with E-state index in [9.17, 15) is 4.79 Å². The molecule has 3 atom stereocenters. The minimum atomic E-state index is -0.0311. The monoisotopic (exact) mass is 272 g/mol. The largest absolute Gasteiger partial charge is 0.287 e. The highest BCUT2D eigenvalue weighted by molar-refractivity contribution is 5.93. The molecule has 3 rings (SSSR count). The highest BCUT2D eigenvalue weighted by Gasteiger charge is 2.32. The van der Waals surface area contributed by atoms with Gasteiger partial charge in [0.1, 0.15) is 0 Å². The summed E-state index contributed by atoms with van der Waals surface area (Å²) in [5.41, 5.74) is 6.84. The number of nitrogens with one attached hydrogen (secondary N) is 2. The van der Waals surface area contributed by atoms with Gasteiger partial charge < -0.3 is 0 Å². The second-order valence-corrected chi connectivity index (χ2v) is 6.28. The Morgan fingerprint density at radius 3 is 2.50 bits per heavy atom. The Hall–Kier alpha value is -1.35. The lowest BCUT2D eigenvalue weighted by molar-refractivity contribution is 0.0890. The molecule has 1 aromatic rings. The van der Waals surface area contributed by atoms with Crippen LogP contribution in [0.5, 0.6) is 0 Å². The molecule has 0 spiro atoms. The van der Waals surface area contributed by atoms with Gasteiger partial charge in [-0.05, 0) is 43.2 Å². The number of hydrazine groups is 1. The summed E-state index contributed by atoms with van der Waals surface area (Å²) in [6, 6.07) is 9.84. The highest BCUT2D eigenvalue weighted by atomic mass is 16.2. The van der Waals surface area contributed by atoms with Gasteiger partial charge in [-0.1, -0.05) is 43.9 Å². The SMILES string of the molecule is O=C(NNC1CCC2CCCCC2C1)c1ccccc1. The van der Waals surface area contributed by atoms with Crippen molar-refractivity contribution in [1.82, 2.24) is 10.9 Å². The van der Waals surface area contributed by atoms with Crippen molar-refractivity contribution in [2.45, 2.75) is 51.0 Å². The molecule has 2 aliphatic carbocycles. The number of rotatable bonds is 3. The van der Waals surface area contributed by atoms with Crippen molar-refractivity contribution >= 4 is 5.91 Å². The minimum absolute atomic E-state index is 0.0311. The molecule has 0 bridgehead atoms.